The molecule has 5 heteroatoms. The average molecular weight is 282 g/mol. The number of hydrogen-bond donors (Lipinski definition) is 2. The highest BCUT2D eigenvalue weighted by molar-refractivity contribution is 9.10. The summed E-state index contributed by atoms with van der Waals surface area (Å²) in [7, 11) is 0. The summed E-state index contributed by atoms with van der Waals surface area (Å²) in [6, 6.07) is 4.32. The van der Waals surface area contributed by atoms with Gasteiger partial charge in [-0.1, -0.05) is 5.92 Å². The summed E-state index contributed by atoms with van der Waals surface area (Å²) in [5.41, 5.74) is 0.629. The third kappa shape index (κ3) is 3.11. The van der Waals surface area contributed by atoms with Gasteiger partial charge in [0.05, 0.1) is 11.3 Å². The average Bonchev–Trinajstić information content (AvgIpc) is 2.21. The fourth-order valence-electron chi connectivity index (χ4n) is 1.02. The zero-order valence-electron chi connectivity index (χ0n) is 8.37. The number of rotatable bonds is 2. The van der Waals surface area contributed by atoms with Crippen molar-refractivity contribution in [1.29, 1.82) is 0 Å². The Morgan fingerprint density at radius 2 is 2.12 bits per heavy atom. The fraction of sp³-hybridized carbons (Fsp3) is 0.0909. The molecule has 0 bridgehead atoms. The van der Waals surface area contributed by atoms with Crippen LogP contribution in [0, 0.1) is 11.8 Å². The van der Waals surface area contributed by atoms with Crippen molar-refractivity contribution in [2.24, 2.45) is 0 Å². The summed E-state index contributed by atoms with van der Waals surface area (Å²) in [4.78, 5) is 21.8. The summed E-state index contributed by atoms with van der Waals surface area (Å²) in [6.45, 7) is 1.56. The first-order valence-electron chi connectivity index (χ1n) is 4.31. The minimum atomic E-state index is -1.02. The number of benzene rings is 1. The van der Waals surface area contributed by atoms with E-state index in [1.807, 2.05) is 0 Å². The number of carbonyl (C=O) groups excluding carboxylic acids is 1. The first kappa shape index (κ1) is 12.3. The van der Waals surface area contributed by atoms with E-state index in [0.29, 0.717) is 10.2 Å². The molecule has 0 unspecified atom stereocenters. The number of carboxylic acid groups (broad SMARTS) is 1. The molecule has 2 N–H and O–H groups in total. The Labute approximate surface area is 101 Å². The van der Waals surface area contributed by atoms with Crippen LogP contribution < -0.4 is 5.32 Å². The van der Waals surface area contributed by atoms with Gasteiger partial charge in [-0.3, -0.25) is 4.79 Å². The lowest BCUT2D eigenvalue weighted by Crippen LogP contribution is -2.09. The Hall–Kier alpha value is -1.80. The highest BCUT2D eigenvalue weighted by Gasteiger charge is 2.07. The van der Waals surface area contributed by atoms with Crippen LogP contribution in [0.5, 0.6) is 0 Å². The summed E-state index contributed by atoms with van der Waals surface area (Å²) in [5, 5.41) is 11.3. The SMILES string of the molecule is CC#CC(=O)Nc1ccc(C(=O)O)cc1Br. The predicted octanol–water partition coefficient (Wildman–Crippen LogP) is 2.11. The predicted molar refractivity (Wildman–Crippen MR) is 63.2 cm³/mol. The second-order valence-corrected chi connectivity index (χ2v) is 3.68. The Kier molecular flexibility index (Phi) is 4.09. The van der Waals surface area contributed by atoms with E-state index in [-0.39, 0.29) is 5.56 Å². The molecule has 0 fully saturated rings. The van der Waals surface area contributed by atoms with E-state index >= 15 is 0 Å². The molecular formula is C11H8BrNO3. The maximum atomic E-state index is 11.2. The Morgan fingerprint density at radius 3 is 2.62 bits per heavy atom. The number of hydrogen-bond acceptors (Lipinski definition) is 2. The Morgan fingerprint density at radius 1 is 1.44 bits per heavy atom. The third-order valence-corrected chi connectivity index (χ3v) is 2.36. The molecule has 82 valence electrons. The van der Waals surface area contributed by atoms with Crippen molar-refractivity contribution in [3.8, 4) is 11.8 Å². The smallest absolute Gasteiger partial charge is 0.335 e. The number of nitrogens with one attached hydrogen (secondary N) is 1. The lowest BCUT2D eigenvalue weighted by Gasteiger charge is -2.04. The van der Waals surface area contributed by atoms with Crippen LogP contribution in [-0.4, -0.2) is 17.0 Å². The Bertz CT molecular complexity index is 500. The molecule has 4 nitrogen and oxygen atoms in total. The molecule has 0 spiro atoms. The minimum Gasteiger partial charge on any atom is -0.478 e. The van der Waals surface area contributed by atoms with E-state index < -0.39 is 11.9 Å². The van der Waals surface area contributed by atoms with Gasteiger partial charge < -0.3 is 10.4 Å². The van der Waals surface area contributed by atoms with Gasteiger partial charge in [0.1, 0.15) is 0 Å². The molecule has 0 atom stereocenters. The first-order chi connectivity index (χ1) is 7.54. The van der Waals surface area contributed by atoms with Gasteiger partial charge in [0.2, 0.25) is 0 Å². The van der Waals surface area contributed by atoms with E-state index in [2.05, 4.69) is 33.1 Å². The zero-order valence-corrected chi connectivity index (χ0v) is 9.96. The van der Waals surface area contributed by atoms with Gasteiger partial charge in [0.25, 0.3) is 5.91 Å². The lowest BCUT2D eigenvalue weighted by atomic mass is 10.2. The molecule has 0 aliphatic heterocycles. The third-order valence-electron chi connectivity index (χ3n) is 1.70. The number of amides is 1. The number of halogens is 1. The molecule has 16 heavy (non-hydrogen) atoms. The summed E-state index contributed by atoms with van der Waals surface area (Å²) in [6.07, 6.45) is 0. The molecule has 1 aromatic carbocycles. The monoisotopic (exact) mass is 281 g/mol. The quantitative estimate of drug-likeness (QED) is 0.816. The molecular weight excluding hydrogens is 274 g/mol. The zero-order chi connectivity index (χ0) is 12.1. The maximum Gasteiger partial charge on any atom is 0.335 e. The molecule has 0 aromatic heterocycles. The summed E-state index contributed by atoms with van der Waals surface area (Å²) in [5.74, 6) is 3.33. The Balaban J connectivity index is 2.94. The van der Waals surface area contributed by atoms with Crippen LogP contribution in [-0.2, 0) is 4.79 Å². The van der Waals surface area contributed by atoms with Gasteiger partial charge in [-0.25, -0.2) is 4.79 Å². The van der Waals surface area contributed by atoms with Crippen LogP contribution in [0.1, 0.15) is 17.3 Å². The van der Waals surface area contributed by atoms with Crippen LogP contribution in [0.15, 0.2) is 22.7 Å². The van der Waals surface area contributed by atoms with Crippen LogP contribution >= 0.6 is 15.9 Å². The maximum absolute atomic E-state index is 11.2. The van der Waals surface area contributed by atoms with Crippen LogP contribution in [0.2, 0.25) is 0 Å². The molecule has 0 radical (unpaired) electrons. The highest BCUT2D eigenvalue weighted by atomic mass is 79.9. The number of carbonyl (C=O) groups is 2. The van der Waals surface area contributed by atoms with Gasteiger partial charge in [0, 0.05) is 4.47 Å². The van der Waals surface area contributed by atoms with E-state index in [1.54, 1.807) is 6.92 Å². The van der Waals surface area contributed by atoms with Crippen molar-refractivity contribution < 1.29 is 14.7 Å². The van der Waals surface area contributed by atoms with Crippen molar-refractivity contribution in [1.82, 2.24) is 0 Å². The normalized spacial score (nSPS) is 8.88. The van der Waals surface area contributed by atoms with E-state index in [0.717, 1.165) is 0 Å². The second kappa shape index (κ2) is 5.33. The van der Waals surface area contributed by atoms with Gasteiger partial charge >= 0.3 is 5.97 Å². The van der Waals surface area contributed by atoms with E-state index in [9.17, 15) is 9.59 Å². The number of carboxylic acids is 1. The van der Waals surface area contributed by atoms with Crippen molar-refractivity contribution >= 4 is 33.5 Å². The van der Waals surface area contributed by atoms with E-state index in [4.69, 9.17) is 5.11 Å². The summed E-state index contributed by atoms with van der Waals surface area (Å²) >= 11 is 3.17. The topological polar surface area (TPSA) is 66.4 Å². The lowest BCUT2D eigenvalue weighted by molar-refractivity contribution is -0.111. The highest BCUT2D eigenvalue weighted by Crippen LogP contribution is 2.23. The minimum absolute atomic E-state index is 0.145. The van der Waals surface area contributed by atoms with Gasteiger partial charge in [-0.05, 0) is 47.0 Å². The largest absolute Gasteiger partial charge is 0.478 e. The van der Waals surface area contributed by atoms with Crippen LogP contribution in [0.25, 0.3) is 0 Å². The van der Waals surface area contributed by atoms with Crippen LogP contribution in [0.3, 0.4) is 0 Å². The van der Waals surface area contributed by atoms with Gasteiger partial charge in [-0.2, -0.15) is 0 Å². The van der Waals surface area contributed by atoms with Crippen molar-refractivity contribution in [2.75, 3.05) is 5.32 Å². The molecule has 0 heterocycles. The molecule has 0 aliphatic carbocycles. The molecule has 0 saturated carbocycles. The molecule has 1 amide bonds. The second-order valence-electron chi connectivity index (χ2n) is 2.83. The van der Waals surface area contributed by atoms with E-state index in [1.165, 1.54) is 18.2 Å². The van der Waals surface area contributed by atoms with Crippen molar-refractivity contribution in [3.63, 3.8) is 0 Å². The number of anilines is 1. The fourth-order valence-corrected chi connectivity index (χ4v) is 1.49. The molecule has 1 aromatic rings. The van der Waals surface area contributed by atoms with Crippen molar-refractivity contribution in [2.45, 2.75) is 6.92 Å². The first-order valence-corrected chi connectivity index (χ1v) is 5.10. The molecule has 0 saturated heterocycles. The summed E-state index contributed by atoms with van der Waals surface area (Å²) < 4.78 is 0.499. The van der Waals surface area contributed by atoms with Crippen LogP contribution in [0.4, 0.5) is 5.69 Å². The standard InChI is InChI=1S/C11H8BrNO3/c1-2-3-10(14)13-9-5-4-7(11(15)16)6-8(9)12/h4-6H,1H3,(H,13,14)(H,15,16). The van der Waals surface area contributed by atoms with Crippen molar-refractivity contribution in [3.05, 3.63) is 28.2 Å². The molecule has 1 rings (SSSR count). The molecule has 0 aliphatic rings. The number of aromatic carboxylic acids is 1. The van der Waals surface area contributed by atoms with Gasteiger partial charge in [-0.15, -0.1) is 0 Å². The van der Waals surface area contributed by atoms with Gasteiger partial charge in [0.15, 0.2) is 0 Å².